The second-order valence-corrected chi connectivity index (χ2v) is 5.22. The molecule has 1 N–H and O–H groups in total. The molecule has 0 spiro atoms. The maximum atomic E-state index is 13.1. The Kier molecular flexibility index (Phi) is 5.87. The largest absolute Gasteiger partial charge is 0.352 e. The molecule has 0 fully saturated rings. The van der Waals surface area contributed by atoms with Gasteiger partial charge in [0.2, 0.25) is 0 Å². The molecule has 1 rings (SSSR count). The van der Waals surface area contributed by atoms with Crippen molar-refractivity contribution in [3.63, 3.8) is 0 Å². The number of nitro benzene ring substituents is 1. The van der Waals surface area contributed by atoms with Gasteiger partial charge in [-0.15, -0.1) is 0 Å². The summed E-state index contributed by atoms with van der Waals surface area (Å²) in [6.45, 7) is 2.20. The molecule has 0 heterocycles. The number of hydrogen-bond acceptors (Lipinski definition) is 4. The zero-order chi connectivity index (χ0) is 15.3. The summed E-state index contributed by atoms with van der Waals surface area (Å²) in [5, 5.41) is 13.2. The lowest BCUT2D eigenvalue weighted by Crippen LogP contribution is -2.29. The highest BCUT2D eigenvalue weighted by Crippen LogP contribution is 2.22. The van der Waals surface area contributed by atoms with E-state index in [0.717, 1.165) is 5.75 Å². The Bertz CT molecular complexity index is 526. The van der Waals surface area contributed by atoms with Crippen LogP contribution in [0.5, 0.6) is 0 Å². The second kappa shape index (κ2) is 7.18. The van der Waals surface area contributed by atoms with Crippen LogP contribution in [0.1, 0.15) is 17.3 Å². The van der Waals surface area contributed by atoms with E-state index in [9.17, 15) is 23.7 Å². The normalized spacial score (nSPS) is 12.0. The molecule has 0 saturated heterocycles. The number of nitro groups is 1. The van der Waals surface area contributed by atoms with Crippen molar-refractivity contribution in [2.45, 2.75) is 6.92 Å². The molecule has 1 amide bonds. The van der Waals surface area contributed by atoms with Gasteiger partial charge in [0.1, 0.15) is 5.56 Å². The predicted molar refractivity (Wildman–Crippen MR) is 72.9 cm³/mol. The van der Waals surface area contributed by atoms with Crippen molar-refractivity contribution >= 4 is 23.4 Å². The third-order valence-electron chi connectivity index (χ3n) is 2.54. The van der Waals surface area contributed by atoms with Gasteiger partial charge in [0.05, 0.1) is 11.0 Å². The van der Waals surface area contributed by atoms with Crippen molar-refractivity contribution in [2.24, 2.45) is 5.92 Å². The zero-order valence-electron chi connectivity index (χ0n) is 11.0. The summed E-state index contributed by atoms with van der Waals surface area (Å²) in [4.78, 5) is 21.7. The number of carbonyl (C=O) groups excluding carboxylic acids is 1. The van der Waals surface area contributed by atoms with E-state index >= 15 is 0 Å². The van der Waals surface area contributed by atoms with Crippen LogP contribution in [-0.4, -0.2) is 29.4 Å². The lowest BCUT2D eigenvalue weighted by Gasteiger charge is -2.11. The summed E-state index contributed by atoms with van der Waals surface area (Å²) < 4.78 is 26.1. The fraction of sp³-hybridized carbons (Fsp3) is 0.417. The third-order valence-corrected chi connectivity index (χ3v) is 3.44. The monoisotopic (exact) mass is 304 g/mol. The number of nitrogens with one attached hydrogen (secondary N) is 1. The molecule has 5 nitrogen and oxygen atoms in total. The van der Waals surface area contributed by atoms with Gasteiger partial charge in [-0.25, -0.2) is 8.78 Å². The molecule has 0 aliphatic carbocycles. The van der Waals surface area contributed by atoms with E-state index in [1.165, 1.54) is 0 Å². The second-order valence-electron chi connectivity index (χ2n) is 4.31. The van der Waals surface area contributed by atoms with Crippen LogP contribution in [0.25, 0.3) is 0 Å². The quantitative estimate of drug-likeness (QED) is 0.647. The van der Waals surface area contributed by atoms with Crippen LogP contribution in [0.3, 0.4) is 0 Å². The topological polar surface area (TPSA) is 72.2 Å². The first-order valence-electron chi connectivity index (χ1n) is 5.77. The number of amides is 1. The number of nitrogens with zero attached hydrogens (tertiary/aromatic N) is 1. The van der Waals surface area contributed by atoms with E-state index in [-0.39, 0.29) is 5.92 Å². The summed E-state index contributed by atoms with van der Waals surface area (Å²) in [5.74, 6) is -2.47. The van der Waals surface area contributed by atoms with Gasteiger partial charge in [-0.1, -0.05) is 6.92 Å². The van der Waals surface area contributed by atoms with Gasteiger partial charge in [0, 0.05) is 6.54 Å². The first-order chi connectivity index (χ1) is 9.36. The molecular formula is C12H14F2N2O3S. The van der Waals surface area contributed by atoms with Gasteiger partial charge < -0.3 is 5.32 Å². The smallest absolute Gasteiger partial charge is 0.285 e. The van der Waals surface area contributed by atoms with E-state index in [2.05, 4.69) is 5.32 Å². The van der Waals surface area contributed by atoms with Gasteiger partial charge in [-0.3, -0.25) is 14.9 Å². The molecular weight excluding hydrogens is 290 g/mol. The molecule has 20 heavy (non-hydrogen) atoms. The van der Waals surface area contributed by atoms with Crippen LogP contribution in [0, 0.1) is 27.7 Å². The van der Waals surface area contributed by atoms with E-state index in [1.807, 2.05) is 13.2 Å². The summed E-state index contributed by atoms with van der Waals surface area (Å²) in [6.07, 6.45) is 1.92. The number of rotatable bonds is 6. The van der Waals surface area contributed by atoms with E-state index in [4.69, 9.17) is 0 Å². The first kappa shape index (κ1) is 16.4. The van der Waals surface area contributed by atoms with Crippen molar-refractivity contribution in [3.8, 4) is 0 Å². The highest BCUT2D eigenvalue weighted by atomic mass is 32.2. The predicted octanol–water partition coefficient (Wildman–Crippen LogP) is 2.60. The number of carbonyl (C=O) groups is 1. The fourth-order valence-corrected chi connectivity index (χ4v) is 2.26. The standard InChI is InChI=1S/C12H14F2N2O3S/c1-7(6-20-2)5-15-12(17)8-3-9(13)10(14)4-11(8)16(18)19/h3-4,7H,5-6H2,1-2H3,(H,15,17). The molecule has 0 aliphatic heterocycles. The average Bonchev–Trinajstić information content (AvgIpc) is 2.38. The molecule has 1 unspecified atom stereocenters. The Hall–Kier alpha value is -1.70. The highest BCUT2D eigenvalue weighted by molar-refractivity contribution is 7.98. The maximum Gasteiger partial charge on any atom is 0.285 e. The van der Waals surface area contributed by atoms with Crippen molar-refractivity contribution in [3.05, 3.63) is 39.4 Å². The van der Waals surface area contributed by atoms with Crippen LogP contribution in [0.4, 0.5) is 14.5 Å². The van der Waals surface area contributed by atoms with Crippen LogP contribution >= 0.6 is 11.8 Å². The number of thioether (sulfide) groups is 1. The van der Waals surface area contributed by atoms with Gasteiger partial charge >= 0.3 is 0 Å². The van der Waals surface area contributed by atoms with E-state index in [0.29, 0.717) is 18.7 Å². The Balaban J connectivity index is 2.92. The number of halogens is 2. The van der Waals surface area contributed by atoms with Crippen LogP contribution < -0.4 is 5.32 Å². The van der Waals surface area contributed by atoms with E-state index in [1.54, 1.807) is 11.8 Å². The van der Waals surface area contributed by atoms with Gasteiger partial charge in [-0.2, -0.15) is 11.8 Å². The molecule has 0 aliphatic rings. The molecule has 110 valence electrons. The molecule has 1 aromatic carbocycles. The van der Waals surface area contributed by atoms with Gasteiger partial charge in [0.25, 0.3) is 11.6 Å². The molecule has 8 heteroatoms. The first-order valence-corrected chi connectivity index (χ1v) is 7.16. The van der Waals surface area contributed by atoms with Crippen molar-refractivity contribution in [1.82, 2.24) is 5.32 Å². The van der Waals surface area contributed by atoms with Crippen LogP contribution in [0.2, 0.25) is 0 Å². The van der Waals surface area contributed by atoms with Crippen LogP contribution in [-0.2, 0) is 0 Å². The SMILES string of the molecule is CSCC(C)CNC(=O)c1cc(F)c(F)cc1[N+](=O)[O-]. The molecule has 1 atom stereocenters. The Morgan fingerprint density at radius 3 is 2.60 bits per heavy atom. The van der Waals surface area contributed by atoms with Crippen molar-refractivity contribution in [1.29, 1.82) is 0 Å². The Morgan fingerprint density at radius 2 is 2.05 bits per heavy atom. The molecule has 1 aromatic rings. The molecule has 0 aromatic heterocycles. The number of benzene rings is 1. The van der Waals surface area contributed by atoms with Crippen molar-refractivity contribution < 1.29 is 18.5 Å². The lowest BCUT2D eigenvalue weighted by atomic mass is 10.1. The minimum Gasteiger partial charge on any atom is -0.352 e. The molecule has 0 saturated carbocycles. The summed E-state index contributed by atoms with van der Waals surface area (Å²) in [5.41, 5.74) is -1.23. The summed E-state index contributed by atoms with van der Waals surface area (Å²) in [7, 11) is 0. The Morgan fingerprint density at radius 1 is 1.45 bits per heavy atom. The maximum absolute atomic E-state index is 13.1. The minimum atomic E-state index is -1.36. The third kappa shape index (κ3) is 4.16. The van der Waals surface area contributed by atoms with Gasteiger partial charge in [-0.05, 0) is 24.0 Å². The van der Waals surface area contributed by atoms with Gasteiger partial charge in [0.15, 0.2) is 11.6 Å². The lowest BCUT2D eigenvalue weighted by molar-refractivity contribution is -0.385. The van der Waals surface area contributed by atoms with Crippen molar-refractivity contribution in [2.75, 3.05) is 18.6 Å². The molecule has 0 bridgehead atoms. The average molecular weight is 304 g/mol. The highest BCUT2D eigenvalue weighted by Gasteiger charge is 2.23. The minimum absolute atomic E-state index is 0.165. The zero-order valence-corrected chi connectivity index (χ0v) is 11.8. The van der Waals surface area contributed by atoms with E-state index < -0.39 is 33.7 Å². The summed E-state index contributed by atoms with van der Waals surface area (Å²) in [6, 6.07) is 0.956. The number of hydrogen-bond donors (Lipinski definition) is 1. The Labute approximate surface area is 118 Å². The fourth-order valence-electron chi connectivity index (χ4n) is 1.57. The molecule has 0 radical (unpaired) electrons. The summed E-state index contributed by atoms with van der Waals surface area (Å²) >= 11 is 1.60. The van der Waals surface area contributed by atoms with Crippen LogP contribution in [0.15, 0.2) is 12.1 Å².